The first kappa shape index (κ1) is 23.5. The van der Waals surface area contributed by atoms with Gasteiger partial charge in [0, 0.05) is 38.3 Å². The number of likely N-dealkylation sites (N-methyl/N-ethyl adjacent to an activating group) is 2. The third kappa shape index (κ3) is 4.96. The highest BCUT2D eigenvalue weighted by molar-refractivity contribution is 5.69. The number of anilines is 2. The Labute approximate surface area is 203 Å². The maximum atomic E-state index is 4.76. The summed E-state index contributed by atoms with van der Waals surface area (Å²) in [5.74, 6) is 0. The van der Waals surface area contributed by atoms with E-state index in [9.17, 15) is 0 Å². The number of rotatable bonds is 7. The van der Waals surface area contributed by atoms with Gasteiger partial charge in [-0.15, -0.1) is 0 Å². The fourth-order valence-corrected chi connectivity index (χ4v) is 4.51. The molecule has 2 aromatic carbocycles. The van der Waals surface area contributed by atoms with E-state index >= 15 is 0 Å². The van der Waals surface area contributed by atoms with Crippen molar-refractivity contribution >= 4 is 11.4 Å². The summed E-state index contributed by atoms with van der Waals surface area (Å²) in [7, 11) is 4.23. The molecule has 2 aromatic heterocycles. The van der Waals surface area contributed by atoms with Crippen LogP contribution in [0.25, 0.3) is 22.5 Å². The van der Waals surface area contributed by atoms with E-state index in [2.05, 4.69) is 112 Å². The molecule has 0 spiro atoms. The van der Waals surface area contributed by atoms with Gasteiger partial charge >= 0.3 is 0 Å². The SMILES string of the molecule is Cc1cccc(C)c1-c1ccc(N(C)CCN(C)c2ccc(-c3c(C)cccc3C)nc2)cn1. The second kappa shape index (κ2) is 10.1. The number of nitrogens with zero attached hydrogens (tertiary/aromatic N) is 4. The van der Waals surface area contributed by atoms with Crippen molar-refractivity contribution in [3.8, 4) is 22.5 Å². The van der Waals surface area contributed by atoms with Crippen LogP contribution in [0.1, 0.15) is 22.3 Å². The number of pyridine rings is 2. The zero-order chi connectivity index (χ0) is 24.2. The Balaban J connectivity index is 1.39. The van der Waals surface area contributed by atoms with Crippen LogP contribution in [0.5, 0.6) is 0 Å². The molecule has 0 amide bonds. The number of hydrogen-bond donors (Lipinski definition) is 0. The Morgan fingerprint density at radius 1 is 0.529 bits per heavy atom. The molecule has 0 atom stereocenters. The van der Waals surface area contributed by atoms with Gasteiger partial charge in [-0.2, -0.15) is 0 Å². The summed E-state index contributed by atoms with van der Waals surface area (Å²) in [4.78, 5) is 14.0. The standard InChI is InChI=1S/C30H34N4/c1-21-9-7-10-22(2)29(21)27-15-13-25(19-31-27)33(5)17-18-34(6)26-14-16-28(32-20-26)30-23(3)11-8-12-24(30)4/h7-16,19-20H,17-18H2,1-6H3. The molecule has 0 fully saturated rings. The molecule has 4 nitrogen and oxygen atoms in total. The fourth-order valence-electron chi connectivity index (χ4n) is 4.51. The van der Waals surface area contributed by atoms with E-state index < -0.39 is 0 Å². The molecule has 34 heavy (non-hydrogen) atoms. The third-order valence-electron chi connectivity index (χ3n) is 6.62. The summed E-state index contributed by atoms with van der Waals surface area (Å²) >= 11 is 0. The van der Waals surface area contributed by atoms with Gasteiger partial charge in [-0.1, -0.05) is 36.4 Å². The Kier molecular flexibility index (Phi) is 6.97. The first-order chi connectivity index (χ1) is 16.3. The van der Waals surface area contributed by atoms with Gasteiger partial charge in [-0.25, -0.2) is 0 Å². The molecule has 4 heteroatoms. The van der Waals surface area contributed by atoms with Gasteiger partial charge in [0.05, 0.1) is 35.2 Å². The van der Waals surface area contributed by atoms with Gasteiger partial charge in [-0.05, 0) is 74.2 Å². The number of benzene rings is 2. The van der Waals surface area contributed by atoms with Crippen molar-refractivity contribution in [3.63, 3.8) is 0 Å². The van der Waals surface area contributed by atoms with Crippen molar-refractivity contribution in [2.75, 3.05) is 37.0 Å². The van der Waals surface area contributed by atoms with Crippen LogP contribution in [0.3, 0.4) is 0 Å². The van der Waals surface area contributed by atoms with Gasteiger partial charge in [0.25, 0.3) is 0 Å². The smallest absolute Gasteiger partial charge is 0.0708 e. The largest absolute Gasteiger partial charge is 0.372 e. The lowest BCUT2D eigenvalue weighted by Gasteiger charge is -2.25. The van der Waals surface area contributed by atoms with Crippen LogP contribution in [-0.4, -0.2) is 37.2 Å². The van der Waals surface area contributed by atoms with Crippen LogP contribution >= 0.6 is 0 Å². The summed E-state index contributed by atoms with van der Waals surface area (Å²) < 4.78 is 0. The molecule has 0 bridgehead atoms. The predicted molar refractivity (Wildman–Crippen MR) is 145 cm³/mol. The van der Waals surface area contributed by atoms with Crippen molar-refractivity contribution < 1.29 is 0 Å². The zero-order valence-corrected chi connectivity index (χ0v) is 21.1. The average Bonchev–Trinajstić information content (AvgIpc) is 2.83. The molecule has 2 heterocycles. The Bertz CT molecular complexity index is 1120. The maximum absolute atomic E-state index is 4.76. The monoisotopic (exact) mass is 450 g/mol. The Morgan fingerprint density at radius 2 is 0.882 bits per heavy atom. The molecule has 4 aromatic rings. The molecular formula is C30H34N4. The highest BCUT2D eigenvalue weighted by Crippen LogP contribution is 2.28. The van der Waals surface area contributed by atoms with E-state index in [1.54, 1.807) is 0 Å². The lowest BCUT2D eigenvalue weighted by molar-refractivity contribution is 0.829. The summed E-state index contributed by atoms with van der Waals surface area (Å²) in [5, 5.41) is 0. The van der Waals surface area contributed by atoms with Gasteiger partial charge in [0.15, 0.2) is 0 Å². The van der Waals surface area contributed by atoms with Crippen LogP contribution in [0.4, 0.5) is 11.4 Å². The molecule has 0 aliphatic heterocycles. The number of aryl methyl sites for hydroxylation is 4. The topological polar surface area (TPSA) is 32.3 Å². The molecule has 0 radical (unpaired) electrons. The van der Waals surface area contributed by atoms with E-state index in [0.717, 1.165) is 35.9 Å². The lowest BCUT2D eigenvalue weighted by Crippen LogP contribution is -2.30. The molecule has 0 saturated carbocycles. The minimum absolute atomic E-state index is 0.888. The van der Waals surface area contributed by atoms with Crippen LogP contribution in [0.15, 0.2) is 73.1 Å². The number of aromatic nitrogens is 2. The Hall–Kier alpha value is -3.66. The first-order valence-electron chi connectivity index (χ1n) is 11.8. The molecule has 4 rings (SSSR count). The second-order valence-corrected chi connectivity index (χ2v) is 9.18. The molecule has 0 saturated heterocycles. The number of hydrogen-bond acceptors (Lipinski definition) is 4. The highest BCUT2D eigenvalue weighted by Gasteiger charge is 2.11. The van der Waals surface area contributed by atoms with E-state index in [-0.39, 0.29) is 0 Å². The van der Waals surface area contributed by atoms with Gasteiger partial charge < -0.3 is 9.80 Å². The van der Waals surface area contributed by atoms with Gasteiger partial charge in [-0.3, -0.25) is 9.97 Å². The fraction of sp³-hybridized carbons (Fsp3) is 0.267. The summed E-state index contributed by atoms with van der Waals surface area (Å²) in [6.07, 6.45) is 3.95. The van der Waals surface area contributed by atoms with E-state index in [0.29, 0.717) is 0 Å². The minimum atomic E-state index is 0.888. The Morgan fingerprint density at radius 3 is 1.18 bits per heavy atom. The maximum Gasteiger partial charge on any atom is 0.0708 e. The molecule has 0 N–H and O–H groups in total. The normalized spacial score (nSPS) is 10.9. The average molecular weight is 451 g/mol. The van der Waals surface area contributed by atoms with Crippen LogP contribution < -0.4 is 9.80 Å². The van der Waals surface area contributed by atoms with E-state index in [4.69, 9.17) is 9.97 Å². The van der Waals surface area contributed by atoms with Crippen LogP contribution in [0.2, 0.25) is 0 Å². The second-order valence-electron chi connectivity index (χ2n) is 9.18. The van der Waals surface area contributed by atoms with Crippen molar-refractivity contribution in [2.24, 2.45) is 0 Å². The summed E-state index contributed by atoms with van der Waals surface area (Å²) in [6.45, 7) is 10.3. The first-order valence-corrected chi connectivity index (χ1v) is 11.8. The highest BCUT2D eigenvalue weighted by atomic mass is 15.2. The molecule has 174 valence electrons. The predicted octanol–water partition coefficient (Wildman–Crippen LogP) is 6.62. The van der Waals surface area contributed by atoms with Crippen LogP contribution in [0, 0.1) is 27.7 Å². The van der Waals surface area contributed by atoms with E-state index in [1.807, 2.05) is 12.4 Å². The zero-order valence-electron chi connectivity index (χ0n) is 21.1. The quantitative estimate of drug-likeness (QED) is 0.317. The molecular weight excluding hydrogens is 416 g/mol. The third-order valence-corrected chi connectivity index (χ3v) is 6.62. The van der Waals surface area contributed by atoms with E-state index in [1.165, 1.54) is 33.4 Å². The van der Waals surface area contributed by atoms with Crippen molar-refractivity contribution in [1.29, 1.82) is 0 Å². The lowest BCUT2D eigenvalue weighted by atomic mass is 9.99. The molecule has 0 aliphatic rings. The molecule has 0 aliphatic carbocycles. The van der Waals surface area contributed by atoms with Crippen LogP contribution in [-0.2, 0) is 0 Å². The minimum Gasteiger partial charge on any atom is -0.372 e. The molecule has 0 unspecified atom stereocenters. The van der Waals surface area contributed by atoms with Gasteiger partial charge in [0.1, 0.15) is 0 Å². The van der Waals surface area contributed by atoms with Crippen molar-refractivity contribution in [2.45, 2.75) is 27.7 Å². The van der Waals surface area contributed by atoms with Crippen molar-refractivity contribution in [1.82, 2.24) is 9.97 Å². The summed E-state index contributed by atoms with van der Waals surface area (Å²) in [5.41, 5.74) is 11.8. The summed E-state index contributed by atoms with van der Waals surface area (Å²) in [6, 6.07) is 21.3. The van der Waals surface area contributed by atoms with Crippen molar-refractivity contribution in [3.05, 3.63) is 95.3 Å². The van der Waals surface area contributed by atoms with Gasteiger partial charge in [0.2, 0.25) is 0 Å².